The van der Waals surface area contributed by atoms with E-state index in [4.69, 9.17) is 5.73 Å². The molecule has 2 aliphatic heterocycles. The van der Waals surface area contributed by atoms with E-state index in [1.807, 2.05) is 11.0 Å². The van der Waals surface area contributed by atoms with Gasteiger partial charge in [-0.3, -0.25) is 9.59 Å². The number of piperidine rings is 1. The summed E-state index contributed by atoms with van der Waals surface area (Å²) in [6.07, 6.45) is 1.85. The molecular formula is C17H20N4O2S. The van der Waals surface area contributed by atoms with Crippen molar-refractivity contribution in [2.24, 2.45) is 15.7 Å². The van der Waals surface area contributed by atoms with E-state index < -0.39 is 0 Å². The molecule has 0 radical (unpaired) electrons. The standard InChI is InChI=1S/C17H20N4O2S/c1-11-3-2-4-13-16(11)19-14(20-17(13)23)10-24-12-5-7-21(8-6-12)15(22)9-18/h2-4,12H,1,5-10,18H2. The quantitative estimate of drug-likeness (QED) is 0.830. The molecule has 24 heavy (non-hydrogen) atoms. The van der Waals surface area contributed by atoms with E-state index in [0.717, 1.165) is 31.1 Å². The number of amides is 2. The molecule has 0 aromatic heterocycles. The maximum Gasteiger partial charge on any atom is 0.280 e. The van der Waals surface area contributed by atoms with Crippen LogP contribution in [-0.2, 0) is 4.79 Å². The number of nitrogens with zero attached hydrogens (tertiary/aromatic N) is 3. The van der Waals surface area contributed by atoms with E-state index in [-0.39, 0.29) is 18.4 Å². The fraction of sp³-hybridized carbons (Fsp3) is 0.412. The van der Waals surface area contributed by atoms with Gasteiger partial charge in [0.1, 0.15) is 5.84 Å². The van der Waals surface area contributed by atoms with Gasteiger partial charge in [0.2, 0.25) is 5.91 Å². The second-order valence-electron chi connectivity index (χ2n) is 5.85. The van der Waals surface area contributed by atoms with Gasteiger partial charge in [-0.2, -0.15) is 16.8 Å². The van der Waals surface area contributed by atoms with Crippen LogP contribution in [-0.4, -0.2) is 53.2 Å². The van der Waals surface area contributed by atoms with Crippen molar-refractivity contribution in [3.8, 4) is 0 Å². The van der Waals surface area contributed by atoms with Gasteiger partial charge in [0.05, 0.1) is 23.2 Å². The van der Waals surface area contributed by atoms with Crippen molar-refractivity contribution >= 4 is 36.0 Å². The Balaban J connectivity index is 1.61. The number of carbonyl (C=O) groups excluding carboxylic acids is 2. The number of hydrogen-bond acceptors (Lipinski definition) is 5. The molecule has 0 saturated carbocycles. The molecule has 1 aromatic carbocycles. The Kier molecular flexibility index (Phi) is 5.11. The highest BCUT2D eigenvalue weighted by molar-refractivity contribution is 8.00. The van der Waals surface area contributed by atoms with Crippen LogP contribution in [0.1, 0.15) is 23.2 Å². The minimum absolute atomic E-state index is 0.00952. The van der Waals surface area contributed by atoms with Crippen molar-refractivity contribution in [1.82, 2.24) is 4.90 Å². The molecule has 126 valence electrons. The Hall–Kier alpha value is -1.99. The molecule has 0 bridgehead atoms. The number of thioether (sulfide) groups is 1. The summed E-state index contributed by atoms with van der Waals surface area (Å²) in [7, 11) is 0. The van der Waals surface area contributed by atoms with Crippen LogP contribution in [0.25, 0.3) is 6.58 Å². The third kappa shape index (κ3) is 3.57. The van der Waals surface area contributed by atoms with Crippen LogP contribution in [0.3, 0.4) is 0 Å². The van der Waals surface area contributed by atoms with Gasteiger partial charge >= 0.3 is 0 Å². The minimum Gasteiger partial charge on any atom is -0.342 e. The number of para-hydroxylation sites is 1. The molecule has 1 fully saturated rings. The van der Waals surface area contributed by atoms with E-state index in [1.54, 1.807) is 23.9 Å². The number of likely N-dealkylation sites (tertiary alicyclic amines) is 1. The SMILES string of the molecule is C=c1cccc2c1=NC(CSC1CCN(C(=O)CN)CC1)=NC2=O. The van der Waals surface area contributed by atoms with Gasteiger partial charge in [0.15, 0.2) is 0 Å². The molecule has 2 N–H and O–H groups in total. The smallest absolute Gasteiger partial charge is 0.280 e. The van der Waals surface area contributed by atoms with Gasteiger partial charge in [-0.25, -0.2) is 4.99 Å². The number of hydrogen-bond donors (Lipinski definition) is 1. The number of fused-ring (bicyclic) bond motifs is 1. The Bertz CT molecular complexity index is 797. The second-order valence-corrected chi connectivity index (χ2v) is 7.14. The first-order chi connectivity index (χ1) is 11.6. The van der Waals surface area contributed by atoms with Gasteiger partial charge in [0.25, 0.3) is 5.91 Å². The largest absolute Gasteiger partial charge is 0.342 e. The van der Waals surface area contributed by atoms with Crippen LogP contribution in [0, 0.1) is 0 Å². The third-order valence-corrected chi connectivity index (χ3v) is 5.61. The van der Waals surface area contributed by atoms with Crippen LogP contribution in [0.5, 0.6) is 0 Å². The van der Waals surface area contributed by atoms with Crippen LogP contribution in [0.4, 0.5) is 0 Å². The maximum absolute atomic E-state index is 12.1. The van der Waals surface area contributed by atoms with Crippen molar-refractivity contribution in [3.63, 3.8) is 0 Å². The lowest BCUT2D eigenvalue weighted by Crippen LogP contribution is -2.42. The van der Waals surface area contributed by atoms with Crippen LogP contribution in [0.15, 0.2) is 28.2 Å². The summed E-state index contributed by atoms with van der Waals surface area (Å²) in [5, 5.41) is 1.82. The predicted octanol–water partition coefficient (Wildman–Crippen LogP) is -0.0483. The highest BCUT2D eigenvalue weighted by Gasteiger charge is 2.23. The van der Waals surface area contributed by atoms with E-state index >= 15 is 0 Å². The van der Waals surface area contributed by atoms with E-state index in [0.29, 0.717) is 27.8 Å². The Morgan fingerprint density at radius 1 is 1.33 bits per heavy atom. The molecule has 1 saturated heterocycles. The number of rotatable bonds is 4. The van der Waals surface area contributed by atoms with Crippen molar-refractivity contribution < 1.29 is 9.59 Å². The fourth-order valence-corrected chi connectivity index (χ4v) is 3.94. The van der Waals surface area contributed by atoms with Crippen molar-refractivity contribution in [2.75, 3.05) is 25.4 Å². The monoisotopic (exact) mass is 344 g/mol. The maximum atomic E-state index is 12.1. The lowest BCUT2D eigenvalue weighted by Gasteiger charge is -2.31. The third-order valence-electron chi connectivity index (χ3n) is 4.24. The summed E-state index contributed by atoms with van der Waals surface area (Å²) in [4.78, 5) is 34.1. The number of nitrogens with two attached hydrogens (primary N) is 1. The first-order valence-electron chi connectivity index (χ1n) is 7.96. The molecule has 6 nitrogen and oxygen atoms in total. The van der Waals surface area contributed by atoms with Gasteiger partial charge < -0.3 is 10.6 Å². The molecule has 0 atom stereocenters. The summed E-state index contributed by atoms with van der Waals surface area (Å²) < 4.78 is 0. The predicted molar refractivity (Wildman–Crippen MR) is 95.6 cm³/mol. The van der Waals surface area contributed by atoms with Gasteiger partial charge in [-0.1, -0.05) is 18.7 Å². The van der Waals surface area contributed by atoms with Crippen molar-refractivity contribution in [1.29, 1.82) is 0 Å². The summed E-state index contributed by atoms with van der Waals surface area (Å²) in [5.74, 6) is 0.906. The van der Waals surface area contributed by atoms with Crippen LogP contribution < -0.4 is 16.3 Å². The lowest BCUT2D eigenvalue weighted by molar-refractivity contribution is -0.130. The van der Waals surface area contributed by atoms with E-state index in [2.05, 4.69) is 16.6 Å². The molecule has 0 spiro atoms. The van der Waals surface area contributed by atoms with Gasteiger partial charge in [0, 0.05) is 18.3 Å². The normalized spacial score (nSPS) is 18.0. The molecule has 0 aliphatic carbocycles. The first-order valence-corrected chi connectivity index (χ1v) is 9.01. The van der Waals surface area contributed by atoms with E-state index in [9.17, 15) is 9.59 Å². The number of benzene rings is 1. The molecule has 1 aromatic rings. The topological polar surface area (TPSA) is 88.1 Å². The van der Waals surface area contributed by atoms with E-state index in [1.165, 1.54) is 0 Å². The summed E-state index contributed by atoms with van der Waals surface area (Å²) in [6.45, 7) is 5.48. The lowest BCUT2D eigenvalue weighted by atomic mass is 10.1. The zero-order chi connectivity index (χ0) is 17.1. The zero-order valence-electron chi connectivity index (χ0n) is 13.4. The van der Waals surface area contributed by atoms with Gasteiger partial charge in [-0.15, -0.1) is 0 Å². The van der Waals surface area contributed by atoms with Crippen molar-refractivity contribution in [2.45, 2.75) is 18.1 Å². The van der Waals surface area contributed by atoms with Gasteiger partial charge in [-0.05, 0) is 24.1 Å². The number of amidine groups is 1. The average Bonchev–Trinajstić information content (AvgIpc) is 2.60. The molecule has 2 aliphatic rings. The highest BCUT2D eigenvalue weighted by Crippen LogP contribution is 2.24. The molecule has 3 rings (SSSR count). The van der Waals surface area contributed by atoms with Crippen molar-refractivity contribution in [3.05, 3.63) is 34.3 Å². The summed E-state index contributed by atoms with van der Waals surface area (Å²) >= 11 is 1.74. The zero-order valence-corrected chi connectivity index (χ0v) is 14.2. The Morgan fingerprint density at radius 2 is 2.08 bits per heavy atom. The van der Waals surface area contributed by atoms with Crippen LogP contribution in [0.2, 0.25) is 0 Å². The summed E-state index contributed by atoms with van der Waals surface area (Å²) in [6, 6.07) is 5.36. The van der Waals surface area contributed by atoms with Crippen LogP contribution >= 0.6 is 11.8 Å². The molecule has 7 heteroatoms. The second kappa shape index (κ2) is 7.27. The number of aliphatic imine (C=N–C) groups is 1. The fourth-order valence-electron chi connectivity index (χ4n) is 2.89. The average molecular weight is 344 g/mol. The molecular weight excluding hydrogens is 324 g/mol. The minimum atomic E-state index is -0.246. The molecule has 2 amide bonds. The Morgan fingerprint density at radius 3 is 2.79 bits per heavy atom. The molecule has 2 heterocycles. The Labute approximate surface area is 144 Å². The number of carbonyl (C=O) groups is 2. The molecule has 0 unspecified atom stereocenters. The first kappa shape index (κ1) is 16.9. The highest BCUT2D eigenvalue weighted by atomic mass is 32.2. The summed E-state index contributed by atoms with van der Waals surface area (Å²) in [5.41, 5.74) is 5.91.